The van der Waals surface area contributed by atoms with Crippen LogP contribution in [0.2, 0.25) is 0 Å². The topological polar surface area (TPSA) is 72.5 Å². The second-order valence-corrected chi connectivity index (χ2v) is 7.05. The van der Waals surface area contributed by atoms with Crippen LogP contribution in [0.3, 0.4) is 0 Å². The molecule has 1 aromatic carbocycles. The van der Waals surface area contributed by atoms with Crippen molar-refractivity contribution >= 4 is 5.91 Å². The van der Waals surface area contributed by atoms with E-state index >= 15 is 0 Å². The van der Waals surface area contributed by atoms with Crippen LogP contribution in [-0.4, -0.2) is 70.8 Å². The average Bonchev–Trinajstić information content (AvgIpc) is 3.11. The number of rotatable bonds is 4. The van der Waals surface area contributed by atoms with Crippen molar-refractivity contribution in [3.05, 3.63) is 41.6 Å². The van der Waals surface area contributed by atoms with E-state index in [4.69, 9.17) is 0 Å². The standard InChI is InChI=1S/C19H26N4O2/c1-13-4-6-14(7-5-13)16-10-17(21-20-16)19(25)23-9-8-15(12-24)18(11-23)22(2)3/h4-7,10,15,18,24H,8-9,11-12H2,1-3H3,(H,20,21)/t15-,18-/m1/s1. The predicted molar refractivity (Wildman–Crippen MR) is 97.3 cm³/mol. The monoisotopic (exact) mass is 342 g/mol. The molecule has 0 unspecified atom stereocenters. The van der Waals surface area contributed by atoms with Crippen molar-refractivity contribution in [2.75, 3.05) is 33.8 Å². The van der Waals surface area contributed by atoms with Crippen LogP contribution < -0.4 is 0 Å². The molecule has 25 heavy (non-hydrogen) atoms. The van der Waals surface area contributed by atoms with Crippen LogP contribution in [0.25, 0.3) is 11.3 Å². The van der Waals surface area contributed by atoms with E-state index in [1.165, 1.54) is 5.56 Å². The van der Waals surface area contributed by atoms with E-state index in [0.29, 0.717) is 18.8 Å². The molecular weight excluding hydrogens is 316 g/mol. The molecule has 1 saturated heterocycles. The zero-order chi connectivity index (χ0) is 18.0. The Morgan fingerprint density at radius 1 is 1.36 bits per heavy atom. The van der Waals surface area contributed by atoms with Gasteiger partial charge in [0.1, 0.15) is 5.69 Å². The summed E-state index contributed by atoms with van der Waals surface area (Å²) in [6.45, 7) is 3.48. The van der Waals surface area contributed by atoms with E-state index in [0.717, 1.165) is 17.7 Å². The highest BCUT2D eigenvalue weighted by atomic mass is 16.3. The maximum absolute atomic E-state index is 12.8. The number of H-pyrrole nitrogens is 1. The van der Waals surface area contributed by atoms with Gasteiger partial charge in [-0.2, -0.15) is 5.10 Å². The molecule has 0 radical (unpaired) electrons. The number of carbonyl (C=O) groups excluding carboxylic acids is 1. The largest absolute Gasteiger partial charge is 0.396 e. The number of hydrogen-bond acceptors (Lipinski definition) is 4. The van der Waals surface area contributed by atoms with Crippen LogP contribution >= 0.6 is 0 Å². The van der Waals surface area contributed by atoms with Gasteiger partial charge in [0.05, 0.1) is 5.69 Å². The molecule has 0 spiro atoms. The van der Waals surface area contributed by atoms with Gasteiger partial charge in [-0.15, -0.1) is 0 Å². The van der Waals surface area contributed by atoms with Gasteiger partial charge in [-0.3, -0.25) is 9.89 Å². The first-order chi connectivity index (χ1) is 12.0. The minimum atomic E-state index is -0.0332. The van der Waals surface area contributed by atoms with Gasteiger partial charge in [0.15, 0.2) is 0 Å². The number of aryl methyl sites for hydroxylation is 1. The summed E-state index contributed by atoms with van der Waals surface area (Å²) in [5.41, 5.74) is 3.47. The SMILES string of the molecule is Cc1ccc(-c2cc(C(=O)N3CC[C@H](CO)[C@H](N(C)C)C3)[nH]n2)cc1. The number of aromatic nitrogens is 2. The van der Waals surface area contributed by atoms with Crippen LogP contribution in [0.4, 0.5) is 0 Å². The molecule has 6 heteroatoms. The number of likely N-dealkylation sites (N-methyl/N-ethyl adjacent to an activating group) is 1. The molecule has 6 nitrogen and oxygen atoms in total. The van der Waals surface area contributed by atoms with Crippen molar-refractivity contribution in [1.82, 2.24) is 20.0 Å². The second-order valence-electron chi connectivity index (χ2n) is 7.05. The van der Waals surface area contributed by atoms with Gasteiger partial charge < -0.3 is 14.9 Å². The lowest BCUT2D eigenvalue weighted by Crippen LogP contribution is -2.53. The van der Waals surface area contributed by atoms with Gasteiger partial charge in [-0.25, -0.2) is 0 Å². The molecule has 1 aliphatic rings. The molecule has 0 aliphatic carbocycles. The third-order valence-corrected chi connectivity index (χ3v) is 5.06. The number of piperidine rings is 1. The van der Waals surface area contributed by atoms with Crippen LogP contribution in [0.1, 0.15) is 22.5 Å². The highest BCUT2D eigenvalue weighted by Crippen LogP contribution is 2.23. The Kier molecular flexibility index (Phi) is 5.20. The molecule has 2 atom stereocenters. The van der Waals surface area contributed by atoms with Crippen LogP contribution in [0.5, 0.6) is 0 Å². The molecule has 2 N–H and O–H groups in total. The molecule has 1 aromatic heterocycles. The predicted octanol–water partition coefficient (Wildman–Crippen LogP) is 1.77. The summed E-state index contributed by atoms with van der Waals surface area (Å²) in [6.07, 6.45) is 0.810. The lowest BCUT2D eigenvalue weighted by atomic mass is 9.91. The zero-order valence-corrected chi connectivity index (χ0v) is 15.1. The quantitative estimate of drug-likeness (QED) is 0.888. The first-order valence-electron chi connectivity index (χ1n) is 8.68. The summed E-state index contributed by atoms with van der Waals surface area (Å²) in [6, 6.07) is 10.1. The van der Waals surface area contributed by atoms with Gasteiger partial charge in [0.2, 0.25) is 0 Å². The van der Waals surface area contributed by atoms with Gasteiger partial charge >= 0.3 is 0 Å². The minimum absolute atomic E-state index is 0.0332. The number of carbonyl (C=O) groups is 1. The summed E-state index contributed by atoms with van der Waals surface area (Å²) in [5, 5.41) is 16.7. The Morgan fingerprint density at radius 3 is 2.72 bits per heavy atom. The Bertz CT molecular complexity index is 723. The van der Waals surface area contributed by atoms with Crippen molar-refractivity contribution in [2.24, 2.45) is 5.92 Å². The van der Waals surface area contributed by atoms with E-state index in [1.807, 2.05) is 56.3 Å². The first kappa shape index (κ1) is 17.6. The van der Waals surface area contributed by atoms with Crippen LogP contribution in [0, 0.1) is 12.8 Å². The second kappa shape index (κ2) is 7.37. The van der Waals surface area contributed by atoms with Crippen LogP contribution in [0.15, 0.2) is 30.3 Å². The fourth-order valence-corrected chi connectivity index (χ4v) is 3.44. The molecule has 1 aliphatic heterocycles. The van der Waals surface area contributed by atoms with Gasteiger partial charge in [-0.05, 0) is 33.5 Å². The Balaban J connectivity index is 1.74. The highest BCUT2D eigenvalue weighted by Gasteiger charge is 2.33. The number of aliphatic hydroxyl groups is 1. The van der Waals surface area contributed by atoms with Crippen LogP contribution in [-0.2, 0) is 0 Å². The van der Waals surface area contributed by atoms with Gasteiger partial charge in [0.25, 0.3) is 5.91 Å². The van der Waals surface area contributed by atoms with Crippen molar-refractivity contribution in [3.63, 3.8) is 0 Å². The summed E-state index contributed by atoms with van der Waals surface area (Å²) in [4.78, 5) is 16.8. The third kappa shape index (κ3) is 3.75. The third-order valence-electron chi connectivity index (χ3n) is 5.06. The number of likely N-dealkylation sites (tertiary alicyclic amines) is 1. The minimum Gasteiger partial charge on any atom is -0.396 e. The van der Waals surface area contributed by atoms with E-state index < -0.39 is 0 Å². The smallest absolute Gasteiger partial charge is 0.271 e. The van der Waals surface area contributed by atoms with E-state index in [9.17, 15) is 9.90 Å². The van der Waals surface area contributed by atoms with Crippen molar-refractivity contribution in [1.29, 1.82) is 0 Å². The number of nitrogens with one attached hydrogen (secondary N) is 1. The maximum atomic E-state index is 12.8. The van der Waals surface area contributed by atoms with Gasteiger partial charge in [0, 0.05) is 37.2 Å². The molecule has 2 heterocycles. The van der Waals surface area contributed by atoms with Crippen molar-refractivity contribution in [2.45, 2.75) is 19.4 Å². The average molecular weight is 342 g/mol. The number of aromatic amines is 1. The Hall–Kier alpha value is -2.18. The van der Waals surface area contributed by atoms with Gasteiger partial charge in [-0.1, -0.05) is 29.8 Å². The van der Waals surface area contributed by atoms with Crippen molar-refractivity contribution < 1.29 is 9.90 Å². The lowest BCUT2D eigenvalue weighted by Gasteiger charge is -2.40. The molecular formula is C19H26N4O2. The zero-order valence-electron chi connectivity index (χ0n) is 15.1. The number of amides is 1. The Morgan fingerprint density at radius 2 is 2.08 bits per heavy atom. The summed E-state index contributed by atoms with van der Waals surface area (Å²) in [5.74, 6) is 0.179. The van der Waals surface area contributed by atoms with Crippen molar-refractivity contribution in [3.8, 4) is 11.3 Å². The molecule has 2 aromatic rings. The summed E-state index contributed by atoms with van der Waals surface area (Å²) in [7, 11) is 3.99. The fraction of sp³-hybridized carbons (Fsp3) is 0.474. The molecule has 134 valence electrons. The van der Waals surface area contributed by atoms with E-state index in [-0.39, 0.29) is 24.5 Å². The summed E-state index contributed by atoms with van der Waals surface area (Å²) >= 11 is 0. The highest BCUT2D eigenvalue weighted by molar-refractivity contribution is 5.93. The maximum Gasteiger partial charge on any atom is 0.271 e. The Labute approximate surface area is 148 Å². The normalized spacial score (nSPS) is 20.9. The molecule has 1 amide bonds. The van der Waals surface area contributed by atoms with E-state index in [1.54, 1.807) is 0 Å². The molecule has 0 saturated carbocycles. The number of nitrogens with zero attached hydrogens (tertiary/aromatic N) is 3. The molecule has 1 fully saturated rings. The number of hydrogen-bond donors (Lipinski definition) is 2. The van der Waals surface area contributed by atoms with E-state index in [2.05, 4.69) is 15.1 Å². The lowest BCUT2D eigenvalue weighted by molar-refractivity contribution is 0.0375. The molecule has 3 rings (SSSR count). The number of benzene rings is 1. The summed E-state index contributed by atoms with van der Waals surface area (Å²) < 4.78 is 0. The fourth-order valence-electron chi connectivity index (χ4n) is 3.44. The molecule has 0 bridgehead atoms. The first-order valence-corrected chi connectivity index (χ1v) is 8.68. The number of aliphatic hydroxyl groups excluding tert-OH is 1.